The molecule has 0 saturated heterocycles. The number of ether oxygens (including phenoxy) is 1. The Bertz CT molecular complexity index is 1060. The zero-order valence-electron chi connectivity index (χ0n) is 17.2. The van der Waals surface area contributed by atoms with E-state index in [-0.39, 0.29) is 6.04 Å². The van der Waals surface area contributed by atoms with Crippen LogP contribution in [0.2, 0.25) is 0 Å². The molecule has 0 fully saturated rings. The Balaban J connectivity index is 1.61. The summed E-state index contributed by atoms with van der Waals surface area (Å²) >= 11 is 0. The third-order valence-corrected chi connectivity index (χ3v) is 5.35. The van der Waals surface area contributed by atoms with Crippen LogP contribution in [0.25, 0.3) is 10.9 Å². The van der Waals surface area contributed by atoms with Gasteiger partial charge < -0.3 is 19.7 Å². The second-order valence-corrected chi connectivity index (χ2v) is 7.45. The monoisotopic (exact) mass is 400 g/mol. The number of benzene rings is 3. The molecule has 1 heterocycles. The molecule has 0 aliphatic rings. The van der Waals surface area contributed by atoms with Gasteiger partial charge in [-0.05, 0) is 41.9 Å². The molecule has 1 aromatic heterocycles. The van der Waals surface area contributed by atoms with Gasteiger partial charge in [0.2, 0.25) is 0 Å². The molecule has 0 amide bonds. The van der Waals surface area contributed by atoms with Crippen molar-refractivity contribution in [3.63, 3.8) is 0 Å². The summed E-state index contributed by atoms with van der Waals surface area (Å²) in [5.41, 5.74) is 3.31. The molecule has 4 aromatic rings. The molecule has 0 radical (unpaired) electrons. The van der Waals surface area contributed by atoms with E-state index in [0.29, 0.717) is 13.2 Å². The minimum absolute atomic E-state index is 0.168. The third-order valence-electron chi connectivity index (χ3n) is 5.35. The Morgan fingerprint density at radius 3 is 2.40 bits per heavy atom. The number of aromatic nitrogens is 1. The summed E-state index contributed by atoms with van der Waals surface area (Å²) in [4.78, 5) is 0. The number of aliphatic hydroxyl groups excluding tert-OH is 1. The average molecular weight is 401 g/mol. The van der Waals surface area contributed by atoms with Gasteiger partial charge in [0.1, 0.15) is 12.4 Å². The molecule has 154 valence electrons. The molecular formula is C26H28N2O2. The maximum absolute atomic E-state index is 11.0. The number of hydrogen-bond donors (Lipinski definition) is 2. The Morgan fingerprint density at radius 2 is 1.67 bits per heavy atom. The molecule has 2 atom stereocenters. The van der Waals surface area contributed by atoms with Crippen molar-refractivity contribution in [1.29, 1.82) is 0 Å². The average Bonchev–Trinajstić information content (AvgIpc) is 3.21. The molecule has 4 nitrogen and oxygen atoms in total. The highest BCUT2D eigenvalue weighted by atomic mass is 16.5. The minimum Gasteiger partial charge on any atom is -0.489 e. The zero-order valence-corrected chi connectivity index (χ0v) is 17.2. The number of hydrogen-bond acceptors (Lipinski definition) is 3. The summed E-state index contributed by atoms with van der Waals surface area (Å²) in [5.74, 6) is 0.841. The van der Waals surface area contributed by atoms with Gasteiger partial charge in [-0.15, -0.1) is 0 Å². The maximum Gasteiger partial charge on any atom is 0.120 e. The van der Waals surface area contributed by atoms with Crippen molar-refractivity contribution in [3.8, 4) is 5.75 Å². The first-order chi connectivity index (χ1) is 14.8. The first-order valence-corrected chi connectivity index (χ1v) is 10.5. The van der Waals surface area contributed by atoms with E-state index in [9.17, 15) is 5.11 Å². The summed E-state index contributed by atoms with van der Waals surface area (Å²) < 4.78 is 8.15. The lowest BCUT2D eigenvalue weighted by Gasteiger charge is -2.26. The number of nitrogens with one attached hydrogen (secondary N) is 1. The Hall–Kier alpha value is -3.08. The van der Waals surface area contributed by atoms with E-state index in [0.717, 1.165) is 34.3 Å². The van der Waals surface area contributed by atoms with E-state index < -0.39 is 6.10 Å². The van der Waals surface area contributed by atoms with Crippen molar-refractivity contribution in [3.05, 3.63) is 102 Å². The molecule has 4 heteroatoms. The van der Waals surface area contributed by atoms with Crippen LogP contribution in [0.3, 0.4) is 0 Å². The number of fused-ring (bicyclic) bond motifs is 1. The second-order valence-electron chi connectivity index (χ2n) is 7.45. The van der Waals surface area contributed by atoms with Crippen LogP contribution in [0, 0.1) is 0 Å². The van der Waals surface area contributed by atoms with Crippen LogP contribution in [0.1, 0.15) is 24.1 Å². The molecule has 0 aliphatic carbocycles. The molecule has 30 heavy (non-hydrogen) atoms. The van der Waals surface area contributed by atoms with E-state index in [1.165, 1.54) is 0 Å². The second kappa shape index (κ2) is 9.61. The summed E-state index contributed by atoms with van der Waals surface area (Å²) in [6, 6.07) is 28.4. The lowest BCUT2D eigenvalue weighted by molar-refractivity contribution is 0.130. The van der Waals surface area contributed by atoms with Crippen molar-refractivity contribution >= 4 is 10.9 Å². The van der Waals surface area contributed by atoms with Crippen LogP contribution in [-0.4, -0.2) is 28.9 Å². The van der Waals surface area contributed by atoms with E-state index in [1.807, 2.05) is 49.4 Å². The van der Waals surface area contributed by atoms with Gasteiger partial charge in [0.15, 0.2) is 0 Å². The van der Waals surface area contributed by atoms with E-state index in [4.69, 9.17) is 4.74 Å². The van der Waals surface area contributed by atoms with Crippen LogP contribution in [-0.2, 0) is 6.61 Å². The molecule has 2 unspecified atom stereocenters. The standard InChI is InChI=1S/C26H28N2O2/c1-2-27-18-25(29)26(21-11-7-4-8-12-21)28-16-15-22-17-23(13-14-24(22)28)30-19-20-9-5-3-6-10-20/h3-17,25-27,29H,2,18-19H2,1H3. The maximum atomic E-state index is 11.0. The van der Waals surface area contributed by atoms with Gasteiger partial charge >= 0.3 is 0 Å². The largest absolute Gasteiger partial charge is 0.489 e. The fourth-order valence-electron chi connectivity index (χ4n) is 3.84. The fourth-order valence-corrected chi connectivity index (χ4v) is 3.84. The Morgan fingerprint density at radius 1 is 0.933 bits per heavy atom. The van der Waals surface area contributed by atoms with Gasteiger partial charge in [-0.25, -0.2) is 0 Å². The number of nitrogens with zero attached hydrogens (tertiary/aromatic N) is 1. The molecule has 4 rings (SSSR count). The Labute approximate surface area is 177 Å². The smallest absolute Gasteiger partial charge is 0.120 e. The van der Waals surface area contributed by atoms with Gasteiger partial charge in [-0.1, -0.05) is 67.6 Å². The molecule has 0 saturated carbocycles. The van der Waals surface area contributed by atoms with Gasteiger partial charge in [0.05, 0.1) is 12.1 Å². The van der Waals surface area contributed by atoms with Crippen molar-refractivity contribution < 1.29 is 9.84 Å². The lowest BCUT2D eigenvalue weighted by atomic mass is 10.0. The van der Waals surface area contributed by atoms with Crippen LogP contribution >= 0.6 is 0 Å². The van der Waals surface area contributed by atoms with Gasteiger partial charge in [0, 0.05) is 23.6 Å². The zero-order chi connectivity index (χ0) is 20.8. The van der Waals surface area contributed by atoms with E-state index in [2.05, 4.69) is 58.5 Å². The fraction of sp³-hybridized carbons (Fsp3) is 0.231. The lowest BCUT2D eigenvalue weighted by Crippen LogP contribution is -2.34. The highest BCUT2D eigenvalue weighted by Crippen LogP contribution is 2.30. The van der Waals surface area contributed by atoms with E-state index >= 15 is 0 Å². The van der Waals surface area contributed by atoms with Crippen LogP contribution in [0.4, 0.5) is 0 Å². The first kappa shape index (κ1) is 20.2. The van der Waals surface area contributed by atoms with Crippen molar-refractivity contribution in [2.24, 2.45) is 0 Å². The molecule has 0 aliphatic heterocycles. The molecule has 2 N–H and O–H groups in total. The normalized spacial score (nSPS) is 13.3. The van der Waals surface area contributed by atoms with Crippen LogP contribution in [0.15, 0.2) is 91.1 Å². The van der Waals surface area contributed by atoms with Crippen LogP contribution in [0.5, 0.6) is 5.75 Å². The summed E-state index contributed by atoms with van der Waals surface area (Å²) in [7, 11) is 0. The van der Waals surface area contributed by atoms with E-state index in [1.54, 1.807) is 0 Å². The van der Waals surface area contributed by atoms with Crippen molar-refractivity contribution in [2.45, 2.75) is 25.7 Å². The van der Waals surface area contributed by atoms with Gasteiger partial charge in [0.25, 0.3) is 0 Å². The van der Waals surface area contributed by atoms with Crippen molar-refractivity contribution in [1.82, 2.24) is 9.88 Å². The predicted octanol–water partition coefficient (Wildman–Crippen LogP) is 4.78. The predicted molar refractivity (Wildman–Crippen MR) is 122 cm³/mol. The SMILES string of the molecule is CCNCC(O)C(c1ccccc1)n1ccc2cc(OCc3ccccc3)ccc21. The molecule has 0 spiro atoms. The van der Waals surface area contributed by atoms with Crippen LogP contribution < -0.4 is 10.1 Å². The van der Waals surface area contributed by atoms with Crippen molar-refractivity contribution in [2.75, 3.05) is 13.1 Å². The van der Waals surface area contributed by atoms with Gasteiger partial charge in [-0.3, -0.25) is 0 Å². The topological polar surface area (TPSA) is 46.4 Å². The summed E-state index contributed by atoms with van der Waals surface area (Å²) in [5, 5.41) is 15.3. The quantitative estimate of drug-likeness (QED) is 0.425. The summed E-state index contributed by atoms with van der Waals surface area (Å²) in [6.07, 6.45) is 1.51. The summed E-state index contributed by atoms with van der Waals surface area (Å²) in [6.45, 7) is 3.95. The minimum atomic E-state index is -0.544. The van der Waals surface area contributed by atoms with Gasteiger partial charge in [-0.2, -0.15) is 0 Å². The first-order valence-electron chi connectivity index (χ1n) is 10.5. The number of aliphatic hydroxyl groups is 1. The number of likely N-dealkylation sites (N-methyl/N-ethyl adjacent to an activating group) is 1. The number of rotatable bonds is 9. The third kappa shape index (κ3) is 4.56. The molecule has 0 bridgehead atoms. The highest BCUT2D eigenvalue weighted by Gasteiger charge is 2.23. The highest BCUT2D eigenvalue weighted by molar-refractivity contribution is 5.82. The Kier molecular flexibility index (Phi) is 6.47. The molecular weight excluding hydrogens is 372 g/mol. The molecule has 3 aromatic carbocycles.